The maximum Gasteiger partial charge on any atom is 0.263 e. The number of hydrogen-bond acceptors (Lipinski definition) is 3. The topological polar surface area (TPSA) is 41.6 Å². The standard InChI is InChI=1S/C17H23ClN2O2/c1-11-9-15(5-6-16(11)18)22-12(2)17(21)20-8-7-13-3-4-14(10-20)19-13/h5-6,9,12-14,19H,3-4,7-8,10H2,1-2H3. The summed E-state index contributed by atoms with van der Waals surface area (Å²) < 4.78 is 5.82. The Morgan fingerprint density at radius 2 is 2.14 bits per heavy atom. The zero-order chi connectivity index (χ0) is 15.7. The lowest BCUT2D eigenvalue weighted by Gasteiger charge is -2.27. The van der Waals surface area contributed by atoms with Crippen molar-refractivity contribution in [2.45, 2.75) is 51.3 Å². The van der Waals surface area contributed by atoms with Gasteiger partial charge in [0.2, 0.25) is 0 Å². The van der Waals surface area contributed by atoms with Crippen LogP contribution in [-0.4, -0.2) is 42.1 Å². The number of ether oxygens (including phenoxy) is 1. The van der Waals surface area contributed by atoms with E-state index in [2.05, 4.69) is 5.32 Å². The van der Waals surface area contributed by atoms with E-state index < -0.39 is 6.10 Å². The third-order valence-corrected chi connectivity index (χ3v) is 5.05. The zero-order valence-electron chi connectivity index (χ0n) is 13.1. The first-order valence-electron chi connectivity index (χ1n) is 8.00. The molecule has 0 spiro atoms. The highest BCUT2D eigenvalue weighted by molar-refractivity contribution is 6.31. The van der Waals surface area contributed by atoms with E-state index in [1.165, 1.54) is 12.8 Å². The molecule has 3 unspecified atom stereocenters. The first-order valence-corrected chi connectivity index (χ1v) is 8.38. The Hall–Kier alpha value is -1.26. The van der Waals surface area contributed by atoms with Crippen molar-refractivity contribution in [1.82, 2.24) is 10.2 Å². The Morgan fingerprint density at radius 3 is 2.91 bits per heavy atom. The molecule has 2 fully saturated rings. The largest absolute Gasteiger partial charge is 0.481 e. The molecule has 22 heavy (non-hydrogen) atoms. The van der Waals surface area contributed by atoms with Gasteiger partial charge in [0.05, 0.1) is 0 Å². The van der Waals surface area contributed by atoms with Gasteiger partial charge in [-0.2, -0.15) is 0 Å². The van der Waals surface area contributed by atoms with E-state index in [1.54, 1.807) is 6.07 Å². The van der Waals surface area contributed by atoms with Gasteiger partial charge in [-0.15, -0.1) is 0 Å². The lowest BCUT2D eigenvalue weighted by atomic mass is 10.1. The maximum absolute atomic E-state index is 12.6. The van der Waals surface area contributed by atoms with Gasteiger partial charge in [0.1, 0.15) is 5.75 Å². The predicted octanol–water partition coefficient (Wildman–Crippen LogP) is 2.77. The zero-order valence-corrected chi connectivity index (χ0v) is 13.9. The van der Waals surface area contributed by atoms with Crippen molar-refractivity contribution in [1.29, 1.82) is 0 Å². The molecule has 3 rings (SSSR count). The minimum Gasteiger partial charge on any atom is -0.481 e. The molecule has 0 saturated carbocycles. The highest BCUT2D eigenvalue weighted by Gasteiger charge is 2.33. The number of halogens is 1. The second kappa shape index (κ2) is 6.47. The lowest BCUT2D eigenvalue weighted by Crippen LogP contribution is -2.44. The monoisotopic (exact) mass is 322 g/mol. The average molecular weight is 323 g/mol. The van der Waals surface area contributed by atoms with Crippen LogP contribution < -0.4 is 10.1 Å². The maximum atomic E-state index is 12.6. The van der Waals surface area contributed by atoms with E-state index in [1.807, 2.05) is 30.9 Å². The van der Waals surface area contributed by atoms with Crippen LogP contribution >= 0.6 is 11.6 Å². The molecule has 0 aliphatic carbocycles. The number of nitrogens with one attached hydrogen (secondary N) is 1. The normalized spacial score (nSPS) is 25.7. The molecular formula is C17H23ClN2O2. The Balaban J connectivity index is 1.62. The number of likely N-dealkylation sites (tertiary alicyclic amines) is 1. The van der Waals surface area contributed by atoms with E-state index >= 15 is 0 Å². The molecule has 120 valence electrons. The number of carbonyl (C=O) groups is 1. The van der Waals surface area contributed by atoms with E-state index in [9.17, 15) is 4.79 Å². The molecule has 2 aliphatic heterocycles. The minimum atomic E-state index is -0.475. The number of amides is 1. The molecule has 1 aromatic rings. The molecule has 2 saturated heterocycles. The summed E-state index contributed by atoms with van der Waals surface area (Å²) in [5.41, 5.74) is 0.954. The van der Waals surface area contributed by atoms with Crippen molar-refractivity contribution in [3.63, 3.8) is 0 Å². The van der Waals surface area contributed by atoms with Gasteiger partial charge in [0, 0.05) is 30.2 Å². The first-order chi connectivity index (χ1) is 10.5. The number of hydrogen-bond donors (Lipinski definition) is 1. The summed E-state index contributed by atoms with van der Waals surface area (Å²) in [5.74, 6) is 0.763. The number of nitrogens with zero attached hydrogens (tertiary/aromatic N) is 1. The van der Waals surface area contributed by atoms with E-state index in [0.717, 1.165) is 25.1 Å². The lowest BCUT2D eigenvalue weighted by molar-refractivity contribution is -0.138. The summed E-state index contributed by atoms with van der Waals surface area (Å²) >= 11 is 6.02. The van der Waals surface area contributed by atoms with Crippen LogP contribution in [0.15, 0.2) is 18.2 Å². The molecule has 4 nitrogen and oxygen atoms in total. The smallest absolute Gasteiger partial charge is 0.263 e. The summed E-state index contributed by atoms with van der Waals surface area (Å²) in [4.78, 5) is 14.6. The van der Waals surface area contributed by atoms with Gasteiger partial charge in [-0.05, 0) is 56.9 Å². The number of rotatable bonds is 3. The van der Waals surface area contributed by atoms with Gasteiger partial charge in [-0.3, -0.25) is 4.79 Å². The second-order valence-electron chi connectivity index (χ2n) is 6.38. The highest BCUT2D eigenvalue weighted by atomic mass is 35.5. The highest BCUT2D eigenvalue weighted by Crippen LogP contribution is 2.24. The van der Waals surface area contributed by atoms with Gasteiger partial charge in [0.25, 0.3) is 5.91 Å². The SMILES string of the molecule is Cc1cc(OC(C)C(=O)N2CCC3CCC(C2)N3)ccc1Cl. The van der Waals surface area contributed by atoms with Gasteiger partial charge in [-0.1, -0.05) is 11.6 Å². The molecule has 1 N–H and O–H groups in total. The number of benzene rings is 1. The van der Waals surface area contributed by atoms with Crippen molar-refractivity contribution in [3.05, 3.63) is 28.8 Å². The molecular weight excluding hydrogens is 300 g/mol. The van der Waals surface area contributed by atoms with Crippen molar-refractivity contribution in [2.75, 3.05) is 13.1 Å². The van der Waals surface area contributed by atoms with Gasteiger partial charge in [-0.25, -0.2) is 0 Å². The fourth-order valence-corrected chi connectivity index (χ4v) is 3.46. The Bertz CT molecular complexity index is 564. The van der Waals surface area contributed by atoms with Crippen molar-refractivity contribution < 1.29 is 9.53 Å². The fourth-order valence-electron chi connectivity index (χ4n) is 3.35. The van der Waals surface area contributed by atoms with Gasteiger partial charge in [0.15, 0.2) is 6.10 Å². The molecule has 0 radical (unpaired) electrons. The Kier molecular flexibility index (Phi) is 4.59. The van der Waals surface area contributed by atoms with Gasteiger partial charge < -0.3 is 15.0 Å². The minimum absolute atomic E-state index is 0.0713. The van der Waals surface area contributed by atoms with E-state index in [-0.39, 0.29) is 5.91 Å². The van der Waals surface area contributed by atoms with Crippen LogP contribution in [-0.2, 0) is 4.79 Å². The van der Waals surface area contributed by atoms with Gasteiger partial charge >= 0.3 is 0 Å². The van der Waals surface area contributed by atoms with Crippen LogP contribution in [0.1, 0.15) is 31.7 Å². The van der Waals surface area contributed by atoms with Crippen LogP contribution in [0.2, 0.25) is 5.02 Å². The average Bonchev–Trinajstić information content (AvgIpc) is 2.81. The van der Waals surface area contributed by atoms with Crippen molar-refractivity contribution >= 4 is 17.5 Å². The third kappa shape index (κ3) is 3.39. The molecule has 3 atom stereocenters. The van der Waals surface area contributed by atoms with E-state index in [0.29, 0.717) is 22.9 Å². The molecule has 0 aromatic heterocycles. The summed E-state index contributed by atoms with van der Waals surface area (Å²) in [5, 5.41) is 4.30. The van der Waals surface area contributed by atoms with Crippen LogP contribution in [0.3, 0.4) is 0 Å². The van der Waals surface area contributed by atoms with Crippen LogP contribution in [0, 0.1) is 6.92 Å². The first kappa shape index (κ1) is 15.6. The molecule has 2 heterocycles. The van der Waals surface area contributed by atoms with Crippen LogP contribution in [0.5, 0.6) is 5.75 Å². The Labute approximate surface area is 136 Å². The molecule has 1 amide bonds. The summed E-state index contributed by atoms with van der Waals surface area (Å²) in [6.45, 7) is 5.37. The molecule has 2 aliphatic rings. The predicted molar refractivity (Wildman–Crippen MR) is 87.4 cm³/mol. The van der Waals surface area contributed by atoms with Crippen LogP contribution in [0.4, 0.5) is 0 Å². The molecule has 5 heteroatoms. The third-order valence-electron chi connectivity index (χ3n) is 4.62. The van der Waals surface area contributed by atoms with Crippen molar-refractivity contribution in [3.8, 4) is 5.75 Å². The second-order valence-corrected chi connectivity index (χ2v) is 6.79. The molecule has 1 aromatic carbocycles. The van der Waals surface area contributed by atoms with E-state index in [4.69, 9.17) is 16.3 Å². The Morgan fingerprint density at radius 1 is 1.36 bits per heavy atom. The summed E-state index contributed by atoms with van der Waals surface area (Å²) in [7, 11) is 0. The van der Waals surface area contributed by atoms with Crippen LogP contribution in [0.25, 0.3) is 0 Å². The number of aryl methyl sites for hydroxylation is 1. The fraction of sp³-hybridized carbons (Fsp3) is 0.588. The summed E-state index contributed by atoms with van der Waals surface area (Å²) in [6, 6.07) is 6.51. The summed E-state index contributed by atoms with van der Waals surface area (Å²) in [6.07, 6.45) is 2.97. The number of carbonyl (C=O) groups excluding carboxylic acids is 1. The number of fused-ring (bicyclic) bond motifs is 2. The van der Waals surface area contributed by atoms with Crippen molar-refractivity contribution in [2.24, 2.45) is 0 Å². The molecule has 2 bridgehead atoms. The quantitative estimate of drug-likeness (QED) is 0.930.